The highest BCUT2D eigenvalue weighted by atomic mass is 19.1. The Morgan fingerprint density at radius 1 is 1.33 bits per heavy atom. The molecule has 1 amide bonds. The number of rotatable bonds is 2. The first-order valence-corrected chi connectivity index (χ1v) is 6.28. The fourth-order valence-corrected chi connectivity index (χ4v) is 2.59. The van der Waals surface area contributed by atoms with Crippen molar-refractivity contribution >= 4 is 16.8 Å². The van der Waals surface area contributed by atoms with Crippen molar-refractivity contribution in [1.82, 2.24) is 9.88 Å². The lowest BCUT2D eigenvalue weighted by atomic mass is 10.1. The van der Waals surface area contributed by atoms with E-state index in [1.807, 2.05) is 11.0 Å². The molecule has 1 aromatic heterocycles. The van der Waals surface area contributed by atoms with Gasteiger partial charge in [-0.05, 0) is 30.5 Å². The van der Waals surface area contributed by atoms with E-state index in [0.29, 0.717) is 5.39 Å². The molecular weight excluding hydrogens is 231 g/mol. The summed E-state index contributed by atoms with van der Waals surface area (Å²) in [5.41, 5.74) is 1.50. The maximum atomic E-state index is 13.8. The summed E-state index contributed by atoms with van der Waals surface area (Å²) in [7, 11) is 0. The maximum absolute atomic E-state index is 13.8. The second kappa shape index (κ2) is 4.44. The summed E-state index contributed by atoms with van der Waals surface area (Å²) >= 11 is 0. The molecule has 1 aromatic carbocycles. The molecule has 18 heavy (non-hydrogen) atoms. The minimum atomic E-state index is -0.266. The summed E-state index contributed by atoms with van der Waals surface area (Å²) < 4.78 is 13.8. The Morgan fingerprint density at radius 2 is 2.11 bits per heavy atom. The fourth-order valence-electron chi connectivity index (χ4n) is 2.59. The number of amides is 1. The van der Waals surface area contributed by atoms with Crippen molar-refractivity contribution < 1.29 is 9.18 Å². The highest BCUT2D eigenvalue weighted by Crippen LogP contribution is 2.22. The summed E-state index contributed by atoms with van der Waals surface area (Å²) in [5.74, 6) is -0.172. The van der Waals surface area contributed by atoms with Crippen LogP contribution in [0.1, 0.15) is 18.4 Å². The maximum Gasteiger partial charge on any atom is 0.227 e. The van der Waals surface area contributed by atoms with Gasteiger partial charge in [0.05, 0.1) is 6.42 Å². The SMILES string of the molecule is O=C(Cc1c[nH]c2cccc(F)c12)N1CCCC1. The van der Waals surface area contributed by atoms with Gasteiger partial charge in [0.2, 0.25) is 5.91 Å². The number of aromatic nitrogens is 1. The number of fused-ring (bicyclic) bond motifs is 1. The number of nitrogens with zero attached hydrogens (tertiary/aromatic N) is 1. The third kappa shape index (κ3) is 1.88. The van der Waals surface area contributed by atoms with Crippen LogP contribution in [0.15, 0.2) is 24.4 Å². The van der Waals surface area contributed by atoms with Gasteiger partial charge in [0.25, 0.3) is 0 Å². The van der Waals surface area contributed by atoms with Crippen molar-refractivity contribution in [3.05, 3.63) is 35.8 Å². The molecule has 3 nitrogen and oxygen atoms in total. The van der Waals surface area contributed by atoms with Gasteiger partial charge in [-0.1, -0.05) is 6.07 Å². The summed E-state index contributed by atoms with van der Waals surface area (Å²) in [4.78, 5) is 16.9. The van der Waals surface area contributed by atoms with Gasteiger partial charge in [0, 0.05) is 30.2 Å². The second-order valence-electron chi connectivity index (χ2n) is 4.74. The zero-order valence-corrected chi connectivity index (χ0v) is 10.1. The molecule has 1 N–H and O–H groups in total. The molecule has 0 atom stereocenters. The first-order valence-electron chi connectivity index (χ1n) is 6.28. The Kier molecular flexibility index (Phi) is 2.78. The van der Waals surface area contributed by atoms with Crippen molar-refractivity contribution in [1.29, 1.82) is 0 Å². The van der Waals surface area contributed by atoms with Crippen LogP contribution >= 0.6 is 0 Å². The molecule has 3 rings (SSSR count). The predicted octanol–water partition coefficient (Wildman–Crippen LogP) is 2.47. The van der Waals surface area contributed by atoms with E-state index in [1.165, 1.54) is 6.07 Å². The average molecular weight is 246 g/mol. The molecular formula is C14H15FN2O. The molecule has 1 saturated heterocycles. The molecule has 1 aliphatic rings. The second-order valence-corrected chi connectivity index (χ2v) is 4.74. The molecule has 4 heteroatoms. The van der Waals surface area contributed by atoms with E-state index in [9.17, 15) is 9.18 Å². The van der Waals surface area contributed by atoms with E-state index in [2.05, 4.69) is 4.98 Å². The Balaban J connectivity index is 1.88. The number of carbonyl (C=O) groups excluding carboxylic acids is 1. The van der Waals surface area contributed by atoms with E-state index in [4.69, 9.17) is 0 Å². The number of likely N-dealkylation sites (tertiary alicyclic amines) is 1. The van der Waals surface area contributed by atoms with Gasteiger partial charge in [-0.2, -0.15) is 0 Å². The lowest BCUT2D eigenvalue weighted by Gasteiger charge is -2.14. The Hall–Kier alpha value is -1.84. The highest BCUT2D eigenvalue weighted by Gasteiger charge is 2.20. The number of benzene rings is 1. The highest BCUT2D eigenvalue weighted by molar-refractivity contribution is 5.89. The lowest BCUT2D eigenvalue weighted by molar-refractivity contribution is -0.129. The molecule has 2 heterocycles. The van der Waals surface area contributed by atoms with Crippen LogP contribution in [0.5, 0.6) is 0 Å². The molecule has 1 aliphatic heterocycles. The van der Waals surface area contributed by atoms with Crippen LogP contribution in [0.2, 0.25) is 0 Å². The van der Waals surface area contributed by atoms with Crippen molar-refractivity contribution in [2.75, 3.05) is 13.1 Å². The third-order valence-electron chi connectivity index (χ3n) is 3.54. The summed E-state index contributed by atoms with van der Waals surface area (Å²) in [6, 6.07) is 4.92. The normalized spacial score (nSPS) is 15.5. The smallest absolute Gasteiger partial charge is 0.227 e. The Morgan fingerprint density at radius 3 is 2.89 bits per heavy atom. The molecule has 94 valence electrons. The minimum Gasteiger partial charge on any atom is -0.361 e. The number of hydrogen-bond acceptors (Lipinski definition) is 1. The van der Waals surface area contributed by atoms with Gasteiger partial charge >= 0.3 is 0 Å². The average Bonchev–Trinajstić information content (AvgIpc) is 2.99. The van der Waals surface area contributed by atoms with Crippen LogP contribution in [0.4, 0.5) is 4.39 Å². The molecule has 0 radical (unpaired) electrons. The molecule has 0 aliphatic carbocycles. The standard InChI is InChI=1S/C14H15FN2O/c15-11-4-3-5-12-14(11)10(9-16-12)8-13(18)17-6-1-2-7-17/h3-5,9,16H,1-2,6-8H2. The van der Waals surface area contributed by atoms with Crippen LogP contribution < -0.4 is 0 Å². The number of nitrogens with one attached hydrogen (secondary N) is 1. The number of H-pyrrole nitrogens is 1. The molecule has 0 saturated carbocycles. The van der Waals surface area contributed by atoms with Crippen LogP contribution in [0, 0.1) is 5.82 Å². The van der Waals surface area contributed by atoms with Crippen molar-refractivity contribution in [2.24, 2.45) is 0 Å². The molecule has 2 aromatic rings. The zero-order chi connectivity index (χ0) is 12.5. The van der Waals surface area contributed by atoms with Crippen molar-refractivity contribution in [3.63, 3.8) is 0 Å². The zero-order valence-electron chi connectivity index (χ0n) is 10.1. The number of aromatic amines is 1. The first-order chi connectivity index (χ1) is 8.75. The quantitative estimate of drug-likeness (QED) is 0.868. The number of hydrogen-bond donors (Lipinski definition) is 1. The van der Waals surface area contributed by atoms with Crippen LogP contribution in [0.25, 0.3) is 10.9 Å². The van der Waals surface area contributed by atoms with E-state index in [-0.39, 0.29) is 18.1 Å². The van der Waals surface area contributed by atoms with Crippen LogP contribution in [-0.4, -0.2) is 28.9 Å². The molecule has 0 unspecified atom stereocenters. The molecule has 1 fully saturated rings. The van der Waals surface area contributed by atoms with Gasteiger partial charge < -0.3 is 9.88 Å². The predicted molar refractivity (Wildman–Crippen MR) is 67.8 cm³/mol. The third-order valence-corrected chi connectivity index (χ3v) is 3.54. The Bertz CT molecular complexity index is 584. The largest absolute Gasteiger partial charge is 0.361 e. The van der Waals surface area contributed by atoms with E-state index < -0.39 is 0 Å². The number of carbonyl (C=O) groups is 1. The number of halogens is 1. The first kappa shape index (κ1) is 11.3. The van der Waals surface area contributed by atoms with Crippen molar-refractivity contribution in [2.45, 2.75) is 19.3 Å². The minimum absolute atomic E-state index is 0.0941. The topological polar surface area (TPSA) is 36.1 Å². The monoisotopic (exact) mass is 246 g/mol. The van der Waals surface area contributed by atoms with Crippen molar-refractivity contribution in [3.8, 4) is 0 Å². The summed E-state index contributed by atoms with van der Waals surface area (Å²) in [5, 5.41) is 0.546. The Labute approximate surface area is 105 Å². The van der Waals surface area contributed by atoms with E-state index >= 15 is 0 Å². The summed E-state index contributed by atoms with van der Waals surface area (Å²) in [6.45, 7) is 1.67. The van der Waals surface area contributed by atoms with Crippen LogP contribution in [-0.2, 0) is 11.2 Å². The van der Waals surface area contributed by atoms with Gasteiger partial charge in [0.15, 0.2) is 0 Å². The summed E-state index contributed by atoms with van der Waals surface area (Å²) in [6.07, 6.45) is 4.17. The molecule has 0 bridgehead atoms. The van der Waals surface area contributed by atoms with Gasteiger partial charge in [-0.3, -0.25) is 4.79 Å². The van der Waals surface area contributed by atoms with E-state index in [0.717, 1.165) is 37.0 Å². The van der Waals surface area contributed by atoms with Gasteiger partial charge in [-0.15, -0.1) is 0 Å². The van der Waals surface area contributed by atoms with Crippen LogP contribution in [0.3, 0.4) is 0 Å². The van der Waals surface area contributed by atoms with E-state index in [1.54, 1.807) is 12.3 Å². The molecule has 0 spiro atoms. The fraction of sp³-hybridized carbons (Fsp3) is 0.357. The van der Waals surface area contributed by atoms with Gasteiger partial charge in [0.1, 0.15) is 5.82 Å². The van der Waals surface area contributed by atoms with Gasteiger partial charge in [-0.25, -0.2) is 4.39 Å². The lowest BCUT2D eigenvalue weighted by Crippen LogP contribution is -2.29.